The highest BCUT2D eigenvalue weighted by Crippen LogP contribution is 2.41. The smallest absolute Gasteiger partial charge is 0.280 e. The molecule has 0 bridgehead atoms. The van der Waals surface area contributed by atoms with Gasteiger partial charge in [0.25, 0.3) is 12.0 Å². The highest BCUT2D eigenvalue weighted by Gasteiger charge is 2.22. The molecule has 2 aliphatic rings. The van der Waals surface area contributed by atoms with Crippen molar-refractivity contribution in [3.8, 4) is 28.3 Å². The molecular formula is C37H38ClF2N7O3. The van der Waals surface area contributed by atoms with Gasteiger partial charge in [0.1, 0.15) is 11.5 Å². The Hall–Kier alpha value is -4.94. The Bertz CT molecular complexity index is 2140. The van der Waals surface area contributed by atoms with Crippen molar-refractivity contribution in [2.24, 2.45) is 7.05 Å². The zero-order valence-corrected chi connectivity index (χ0v) is 29.0. The molecule has 13 heteroatoms. The minimum absolute atomic E-state index is 0.0373. The summed E-state index contributed by atoms with van der Waals surface area (Å²) in [6, 6.07) is 15.0. The van der Waals surface area contributed by atoms with Gasteiger partial charge in [-0.3, -0.25) is 9.59 Å². The number of nitrogens with one attached hydrogen (secondary N) is 3. The Morgan fingerprint density at radius 3 is 2.54 bits per heavy atom. The summed E-state index contributed by atoms with van der Waals surface area (Å²) in [6.45, 7) is 2.79. The van der Waals surface area contributed by atoms with E-state index in [2.05, 4.69) is 32.1 Å². The second kappa shape index (κ2) is 14.9. The molecule has 1 fully saturated rings. The molecule has 50 heavy (non-hydrogen) atoms. The van der Waals surface area contributed by atoms with E-state index in [4.69, 9.17) is 21.3 Å². The number of amides is 1. The first-order valence-electron chi connectivity index (χ1n) is 16.4. The first-order chi connectivity index (χ1) is 24.1. The molecule has 1 amide bonds. The summed E-state index contributed by atoms with van der Waals surface area (Å²) in [6.07, 6.45) is 3.24. The molecule has 0 spiro atoms. The normalized spacial score (nSPS) is 15.1. The molecule has 0 radical (unpaired) electrons. The van der Waals surface area contributed by atoms with E-state index in [9.17, 15) is 18.4 Å². The van der Waals surface area contributed by atoms with Crippen LogP contribution in [0.2, 0.25) is 5.02 Å². The van der Waals surface area contributed by atoms with E-state index in [-0.39, 0.29) is 22.5 Å². The number of hydrogen-bond donors (Lipinski definition) is 3. The number of alkyl halides is 2. The topological polar surface area (TPSA) is 123 Å². The van der Waals surface area contributed by atoms with Gasteiger partial charge in [-0.05, 0) is 74.5 Å². The summed E-state index contributed by atoms with van der Waals surface area (Å²) >= 11 is 7.03. The molecule has 1 saturated heterocycles. The van der Waals surface area contributed by atoms with Gasteiger partial charge in [0.05, 0.1) is 29.4 Å². The van der Waals surface area contributed by atoms with Crippen LogP contribution in [0.25, 0.3) is 33.2 Å². The number of benzene rings is 2. The number of methoxy groups -OCH3 is 1. The van der Waals surface area contributed by atoms with Gasteiger partial charge in [-0.15, -0.1) is 0 Å². The van der Waals surface area contributed by atoms with Crippen molar-refractivity contribution in [1.29, 1.82) is 0 Å². The quantitative estimate of drug-likeness (QED) is 0.164. The predicted octanol–water partition coefficient (Wildman–Crippen LogP) is 6.68. The van der Waals surface area contributed by atoms with E-state index in [1.807, 2.05) is 44.3 Å². The Morgan fingerprint density at radius 2 is 1.82 bits per heavy atom. The van der Waals surface area contributed by atoms with Crippen LogP contribution in [0.5, 0.6) is 5.88 Å². The zero-order chi connectivity index (χ0) is 35.5. The lowest BCUT2D eigenvalue weighted by Gasteiger charge is -2.17. The average Bonchev–Trinajstić information content (AvgIpc) is 3.76. The maximum atomic E-state index is 13.7. The molecule has 1 aliphatic heterocycles. The fraction of sp³-hybridized carbons (Fsp3) is 0.324. The van der Waals surface area contributed by atoms with Crippen LogP contribution in [0.15, 0.2) is 59.5 Å². The molecule has 3 N–H and O–H groups in total. The molecular weight excluding hydrogens is 664 g/mol. The lowest BCUT2D eigenvalue weighted by molar-refractivity contribution is -0.119. The van der Waals surface area contributed by atoms with Gasteiger partial charge in [-0.25, -0.2) is 23.4 Å². The van der Waals surface area contributed by atoms with Crippen LogP contribution < -0.4 is 26.2 Å². The summed E-state index contributed by atoms with van der Waals surface area (Å²) in [4.78, 5) is 32.4. The largest absolute Gasteiger partial charge is 0.481 e. The van der Waals surface area contributed by atoms with Gasteiger partial charge >= 0.3 is 0 Å². The number of anilines is 2. The monoisotopic (exact) mass is 701 g/mol. The number of carbonyl (C=O) groups is 1. The van der Waals surface area contributed by atoms with Crippen molar-refractivity contribution in [3.63, 3.8) is 0 Å². The van der Waals surface area contributed by atoms with Gasteiger partial charge in [0.15, 0.2) is 0 Å². The lowest BCUT2D eigenvalue weighted by atomic mass is 9.96. The number of fused-ring (bicyclic) bond motifs is 2. The van der Waals surface area contributed by atoms with Crippen molar-refractivity contribution in [2.45, 2.75) is 51.5 Å². The van der Waals surface area contributed by atoms with Crippen LogP contribution in [0.1, 0.15) is 48.1 Å². The number of halogens is 3. The number of carbonyl (C=O) groups excluding carboxylic acids is 1. The number of aryl methyl sites for hydroxylation is 2. The van der Waals surface area contributed by atoms with Gasteiger partial charge in [0.2, 0.25) is 11.8 Å². The third-order valence-corrected chi connectivity index (χ3v) is 9.51. The maximum Gasteiger partial charge on any atom is 0.280 e. The van der Waals surface area contributed by atoms with Crippen molar-refractivity contribution in [3.05, 3.63) is 92.5 Å². The molecule has 3 aromatic heterocycles. The summed E-state index contributed by atoms with van der Waals surface area (Å²) < 4.78 is 34.1. The fourth-order valence-corrected chi connectivity index (χ4v) is 6.86. The number of pyridine rings is 2. The Balaban J connectivity index is 0.000000419. The summed E-state index contributed by atoms with van der Waals surface area (Å²) in [5, 5.41) is 14.0. The first kappa shape index (κ1) is 34.9. The van der Waals surface area contributed by atoms with E-state index in [0.29, 0.717) is 29.1 Å². The zero-order valence-electron chi connectivity index (χ0n) is 28.2. The van der Waals surface area contributed by atoms with Crippen LogP contribution in [0, 0.1) is 6.92 Å². The van der Waals surface area contributed by atoms with E-state index < -0.39 is 17.7 Å². The number of ether oxygens (including phenoxy) is 1. The minimum Gasteiger partial charge on any atom is -0.481 e. The first-order valence-corrected chi connectivity index (χ1v) is 16.8. The third kappa shape index (κ3) is 7.03. The molecule has 1 atom stereocenters. The molecule has 0 saturated carbocycles. The predicted molar refractivity (Wildman–Crippen MR) is 192 cm³/mol. The number of likely N-dealkylation sites (N-methyl/N-ethyl adjacent to an activating group) is 1. The van der Waals surface area contributed by atoms with E-state index in [0.717, 1.165) is 70.4 Å². The van der Waals surface area contributed by atoms with E-state index in [1.54, 1.807) is 13.2 Å². The minimum atomic E-state index is -2.82. The number of hydrogen-bond acceptors (Lipinski definition) is 8. The van der Waals surface area contributed by atoms with Gasteiger partial charge < -0.3 is 20.7 Å². The summed E-state index contributed by atoms with van der Waals surface area (Å²) in [5.41, 5.74) is 6.02. The van der Waals surface area contributed by atoms with Gasteiger partial charge in [0, 0.05) is 53.8 Å². The SMILES string of the molecule is CNCC1CCC(=O)N1.COc1nc(-c2cccc(-c3cccc(Nc4nc(C(F)F)cc5cnn(C)c(=O)c45)c3C)c2Cl)cc2c1CCC2. The van der Waals surface area contributed by atoms with Crippen molar-refractivity contribution < 1.29 is 18.3 Å². The number of aromatic nitrogens is 4. The Kier molecular flexibility index (Phi) is 10.4. The van der Waals surface area contributed by atoms with Gasteiger partial charge in [-0.1, -0.05) is 41.9 Å². The van der Waals surface area contributed by atoms with E-state index >= 15 is 0 Å². The van der Waals surface area contributed by atoms with Crippen molar-refractivity contribution in [1.82, 2.24) is 30.4 Å². The summed E-state index contributed by atoms with van der Waals surface area (Å²) in [5.74, 6) is 0.858. The summed E-state index contributed by atoms with van der Waals surface area (Å²) in [7, 11) is 5.02. The second-order valence-electron chi connectivity index (χ2n) is 12.4. The van der Waals surface area contributed by atoms with Crippen LogP contribution in [0.4, 0.5) is 20.3 Å². The van der Waals surface area contributed by atoms with Crippen LogP contribution in [0.3, 0.4) is 0 Å². The molecule has 7 rings (SSSR count). The number of nitrogens with zero attached hydrogens (tertiary/aromatic N) is 4. The molecule has 10 nitrogen and oxygen atoms in total. The fourth-order valence-electron chi connectivity index (χ4n) is 6.53. The number of rotatable bonds is 8. The lowest BCUT2D eigenvalue weighted by Crippen LogP contribution is -2.33. The molecule has 5 aromatic rings. The highest BCUT2D eigenvalue weighted by molar-refractivity contribution is 6.36. The molecule has 4 heterocycles. The van der Waals surface area contributed by atoms with Crippen LogP contribution in [-0.2, 0) is 24.7 Å². The van der Waals surface area contributed by atoms with Crippen LogP contribution in [-0.4, -0.2) is 52.4 Å². The molecule has 260 valence electrons. The van der Waals surface area contributed by atoms with Gasteiger partial charge in [-0.2, -0.15) is 5.10 Å². The van der Waals surface area contributed by atoms with E-state index in [1.165, 1.54) is 24.9 Å². The maximum absolute atomic E-state index is 13.7. The Morgan fingerprint density at radius 1 is 1.06 bits per heavy atom. The van der Waals surface area contributed by atoms with Crippen molar-refractivity contribution in [2.75, 3.05) is 26.0 Å². The molecule has 1 aliphatic carbocycles. The molecule has 1 unspecified atom stereocenters. The second-order valence-corrected chi connectivity index (χ2v) is 12.8. The third-order valence-electron chi connectivity index (χ3n) is 9.10. The average molecular weight is 702 g/mol. The highest BCUT2D eigenvalue weighted by atomic mass is 35.5. The Labute approximate surface area is 293 Å². The standard InChI is InChI=1S/C31H26ClF2N5O2.C6H12N2O/c1-16-19(21-10-5-11-22(27(21)32)24-13-17-7-4-9-20(17)30(38-24)41-3)8-6-12-23(16)36-29-26-18(14-25(37-29)28(33)34)15-35-39(2)31(26)40;1-7-4-5-2-3-6(9)8-5/h5-6,8,10-15,28H,4,7,9H2,1-3H3,(H,36,37);5,7H,2-4H2,1H3,(H,8,9). The van der Waals surface area contributed by atoms with Crippen molar-refractivity contribution >= 4 is 39.8 Å². The van der Waals surface area contributed by atoms with Crippen LogP contribution >= 0.6 is 11.6 Å². The molecule has 2 aromatic carbocycles.